The molecule has 4 heteroatoms. The molecular weight excluding hydrogens is 204 g/mol. The zero-order valence-corrected chi connectivity index (χ0v) is 10.1. The first kappa shape index (κ1) is 11.9. The van der Waals surface area contributed by atoms with Gasteiger partial charge in [0.05, 0.1) is 12.0 Å². The summed E-state index contributed by atoms with van der Waals surface area (Å²) in [5.41, 5.74) is -0.321. The SMILES string of the molecule is COCC1(C(=O)NCCC2CC2)CCNC1. The summed E-state index contributed by atoms with van der Waals surface area (Å²) < 4.78 is 5.19. The Morgan fingerprint density at radius 2 is 2.38 bits per heavy atom. The number of hydrogen-bond acceptors (Lipinski definition) is 3. The molecule has 1 aliphatic carbocycles. The van der Waals surface area contributed by atoms with Gasteiger partial charge in [0.2, 0.25) is 5.91 Å². The maximum atomic E-state index is 12.1. The van der Waals surface area contributed by atoms with Gasteiger partial charge in [-0.3, -0.25) is 4.79 Å². The highest BCUT2D eigenvalue weighted by molar-refractivity contribution is 5.83. The van der Waals surface area contributed by atoms with E-state index in [2.05, 4.69) is 10.6 Å². The molecule has 1 aliphatic heterocycles. The Labute approximate surface area is 97.1 Å². The Bertz CT molecular complexity index is 245. The van der Waals surface area contributed by atoms with Crippen molar-refractivity contribution in [2.24, 2.45) is 11.3 Å². The van der Waals surface area contributed by atoms with E-state index in [-0.39, 0.29) is 11.3 Å². The van der Waals surface area contributed by atoms with Gasteiger partial charge in [-0.15, -0.1) is 0 Å². The lowest BCUT2D eigenvalue weighted by Crippen LogP contribution is -2.45. The Kier molecular flexibility index (Phi) is 3.82. The molecule has 0 aromatic rings. The van der Waals surface area contributed by atoms with Gasteiger partial charge in [0.25, 0.3) is 0 Å². The van der Waals surface area contributed by atoms with Crippen LogP contribution in [-0.2, 0) is 9.53 Å². The van der Waals surface area contributed by atoms with Crippen molar-refractivity contribution in [3.8, 4) is 0 Å². The van der Waals surface area contributed by atoms with E-state index < -0.39 is 0 Å². The number of hydrogen-bond donors (Lipinski definition) is 2. The van der Waals surface area contributed by atoms with Crippen LogP contribution in [0.1, 0.15) is 25.7 Å². The average Bonchev–Trinajstić information content (AvgIpc) is 2.97. The van der Waals surface area contributed by atoms with Crippen LogP contribution in [0, 0.1) is 11.3 Å². The normalized spacial score (nSPS) is 29.3. The number of rotatable bonds is 6. The zero-order valence-electron chi connectivity index (χ0n) is 10.1. The second kappa shape index (κ2) is 5.15. The van der Waals surface area contributed by atoms with Crippen LogP contribution in [0.5, 0.6) is 0 Å². The van der Waals surface area contributed by atoms with Gasteiger partial charge in [-0.1, -0.05) is 12.8 Å². The maximum absolute atomic E-state index is 12.1. The fourth-order valence-electron chi connectivity index (χ4n) is 2.39. The summed E-state index contributed by atoms with van der Waals surface area (Å²) in [4.78, 5) is 12.1. The van der Waals surface area contributed by atoms with Crippen LogP contribution in [0.25, 0.3) is 0 Å². The minimum atomic E-state index is -0.321. The predicted octanol–water partition coefficient (Wildman–Crippen LogP) is 0.529. The van der Waals surface area contributed by atoms with E-state index in [1.165, 1.54) is 12.8 Å². The van der Waals surface area contributed by atoms with Gasteiger partial charge in [0.15, 0.2) is 0 Å². The summed E-state index contributed by atoms with van der Waals surface area (Å²) in [5, 5.41) is 6.31. The van der Waals surface area contributed by atoms with E-state index in [4.69, 9.17) is 4.74 Å². The minimum absolute atomic E-state index is 0.167. The molecule has 1 saturated heterocycles. The van der Waals surface area contributed by atoms with E-state index in [0.29, 0.717) is 6.61 Å². The van der Waals surface area contributed by atoms with Crippen LogP contribution >= 0.6 is 0 Å². The lowest BCUT2D eigenvalue weighted by molar-refractivity contribution is -0.132. The molecule has 1 amide bonds. The third-order valence-electron chi connectivity index (χ3n) is 3.68. The quantitative estimate of drug-likeness (QED) is 0.694. The summed E-state index contributed by atoms with van der Waals surface area (Å²) in [5.74, 6) is 1.04. The molecule has 2 rings (SSSR count). The van der Waals surface area contributed by atoms with Gasteiger partial charge in [0.1, 0.15) is 0 Å². The van der Waals surface area contributed by atoms with Gasteiger partial charge in [0, 0.05) is 20.2 Å². The third kappa shape index (κ3) is 2.74. The molecule has 2 fully saturated rings. The van der Waals surface area contributed by atoms with Crippen LogP contribution in [0.2, 0.25) is 0 Å². The van der Waals surface area contributed by atoms with E-state index in [1.807, 2.05) is 0 Å². The largest absolute Gasteiger partial charge is 0.384 e. The number of ether oxygens (including phenoxy) is 1. The van der Waals surface area contributed by atoms with E-state index in [1.54, 1.807) is 7.11 Å². The molecule has 4 nitrogen and oxygen atoms in total. The molecule has 1 heterocycles. The fraction of sp³-hybridized carbons (Fsp3) is 0.917. The smallest absolute Gasteiger partial charge is 0.229 e. The van der Waals surface area contributed by atoms with Crippen LogP contribution in [0.3, 0.4) is 0 Å². The second-order valence-electron chi connectivity index (χ2n) is 5.13. The molecule has 0 spiro atoms. The topological polar surface area (TPSA) is 50.4 Å². The number of amides is 1. The monoisotopic (exact) mass is 226 g/mol. The molecule has 16 heavy (non-hydrogen) atoms. The number of methoxy groups -OCH3 is 1. The van der Waals surface area contributed by atoms with Crippen molar-refractivity contribution in [3.63, 3.8) is 0 Å². The summed E-state index contributed by atoms with van der Waals surface area (Å²) in [7, 11) is 1.66. The number of carbonyl (C=O) groups is 1. The highest BCUT2D eigenvalue weighted by Crippen LogP contribution is 2.32. The molecule has 0 bridgehead atoms. The first-order valence-corrected chi connectivity index (χ1v) is 6.25. The second-order valence-corrected chi connectivity index (χ2v) is 5.13. The highest BCUT2D eigenvalue weighted by atomic mass is 16.5. The van der Waals surface area contributed by atoms with Crippen molar-refractivity contribution in [2.45, 2.75) is 25.7 Å². The van der Waals surface area contributed by atoms with Crippen molar-refractivity contribution in [1.29, 1.82) is 0 Å². The fourth-order valence-corrected chi connectivity index (χ4v) is 2.39. The Hall–Kier alpha value is -0.610. The Balaban J connectivity index is 1.78. The summed E-state index contributed by atoms with van der Waals surface area (Å²) in [6, 6.07) is 0. The molecule has 2 aliphatic rings. The Morgan fingerprint density at radius 1 is 1.56 bits per heavy atom. The zero-order chi connectivity index (χ0) is 11.4. The van der Waals surface area contributed by atoms with E-state index >= 15 is 0 Å². The van der Waals surface area contributed by atoms with Crippen LogP contribution in [0.15, 0.2) is 0 Å². The molecule has 1 unspecified atom stereocenters. The maximum Gasteiger partial charge on any atom is 0.229 e. The summed E-state index contributed by atoms with van der Waals surface area (Å²) in [6.07, 6.45) is 4.72. The van der Waals surface area contributed by atoms with Crippen molar-refractivity contribution >= 4 is 5.91 Å². The minimum Gasteiger partial charge on any atom is -0.384 e. The molecule has 92 valence electrons. The predicted molar refractivity (Wildman–Crippen MR) is 62.1 cm³/mol. The lowest BCUT2D eigenvalue weighted by atomic mass is 9.87. The van der Waals surface area contributed by atoms with Crippen molar-refractivity contribution < 1.29 is 9.53 Å². The van der Waals surface area contributed by atoms with Crippen LogP contribution in [0.4, 0.5) is 0 Å². The summed E-state index contributed by atoms with van der Waals surface area (Å²) in [6.45, 7) is 3.01. The lowest BCUT2D eigenvalue weighted by Gasteiger charge is -2.25. The first-order valence-electron chi connectivity index (χ1n) is 6.25. The molecule has 2 N–H and O–H groups in total. The molecule has 1 saturated carbocycles. The van der Waals surface area contributed by atoms with Gasteiger partial charge in [-0.05, 0) is 25.3 Å². The molecule has 0 radical (unpaired) electrons. The molecule has 0 aromatic carbocycles. The third-order valence-corrected chi connectivity index (χ3v) is 3.68. The van der Waals surface area contributed by atoms with Crippen molar-refractivity contribution in [3.05, 3.63) is 0 Å². The molecule has 1 atom stereocenters. The standard InChI is InChI=1S/C12H22N2O2/c1-16-9-12(5-7-13-8-12)11(15)14-6-4-10-2-3-10/h10,13H,2-9H2,1H3,(H,14,15). The summed E-state index contributed by atoms with van der Waals surface area (Å²) >= 11 is 0. The van der Waals surface area contributed by atoms with E-state index in [9.17, 15) is 4.79 Å². The van der Waals surface area contributed by atoms with Crippen LogP contribution < -0.4 is 10.6 Å². The van der Waals surface area contributed by atoms with Gasteiger partial charge in [-0.2, -0.15) is 0 Å². The molecular formula is C12H22N2O2. The van der Waals surface area contributed by atoms with Crippen molar-refractivity contribution in [2.75, 3.05) is 33.4 Å². The van der Waals surface area contributed by atoms with Gasteiger partial charge in [-0.25, -0.2) is 0 Å². The number of carbonyl (C=O) groups excluding carboxylic acids is 1. The molecule has 0 aromatic heterocycles. The van der Waals surface area contributed by atoms with E-state index in [0.717, 1.165) is 38.4 Å². The van der Waals surface area contributed by atoms with Crippen LogP contribution in [-0.4, -0.2) is 39.3 Å². The first-order chi connectivity index (χ1) is 7.77. The highest BCUT2D eigenvalue weighted by Gasteiger charge is 2.41. The van der Waals surface area contributed by atoms with Crippen molar-refractivity contribution in [1.82, 2.24) is 10.6 Å². The number of nitrogens with one attached hydrogen (secondary N) is 2. The Morgan fingerprint density at radius 3 is 2.94 bits per heavy atom. The van der Waals surface area contributed by atoms with Gasteiger partial charge < -0.3 is 15.4 Å². The van der Waals surface area contributed by atoms with Gasteiger partial charge >= 0.3 is 0 Å². The average molecular weight is 226 g/mol.